The van der Waals surface area contributed by atoms with E-state index in [9.17, 15) is 13.6 Å². The summed E-state index contributed by atoms with van der Waals surface area (Å²) >= 11 is 0. The number of carbonyl (C=O) groups is 1. The van der Waals surface area contributed by atoms with Crippen molar-refractivity contribution < 1.29 is 18.7 Å². The Labute approximate surface area is 138 Å². The molecule has 0 spiro atoms. The van der Waals surface area contributed by atoms with Crippen molar-refractivity contribution in [3.63, 3.8) is 0 Å². The van der Waals surface area contributed by atoms with Crippen LogP contribution in [0, 0.1) is 5.82 Å². The van der Waals surface area contributed by atoms with Gasteiger partial charge in [0.2, 0.25) is 0 Å². The minimum atomic E-state index is -1.73. The summed E-state index contributed by atoms with van der Waals surface area (Å²) in [5.74, 6) is -0.640. The van der Waals surface area contributed by atoms with E-state index in [4.69, 9.17) is 5.11 Å². The van der Waals surface area contributed by atoms with Gasteiger partial charge < -0.3 is 15.3 Å². The molecule has 0 aliphatic carbocycles. The minimum absolute atomic E-state index is 0.118. The van der Waals surface area contributed by atoms with Crippen molar-refractivity contribution in [1.82, 2.24) is 4.90 Å². The fraction of sp³-hybridized carbons (Fsp3) is 0.278. The number of amides is 1. The van der Waals surface area contributed by atoms with Crippen LogP contribution in [-0.2, 0) is 0 Å². The molecule has 0 saturated carbocycles. The van der Waals surface area contributed by atoms with Gasteiger partial charge >= 0.3 is 0 Å². The highest BCUT2D eigenvalue weighted by Gasteiger charge is 2.40. The molecule has 1 heterocycles. The predicted molar refractivity (Wildman–Crippen MR) is 87.6 cm³/mol. The number of rotatable bonds is 4. The summed E-state index contributed by atoms with van der Waals surface area (Å²) in [4.78, 5) is 14.1. The molecule has 0 radical (unpaired) electrons. The lowest BCUT2D eigenvalue weighted by molar-refractivity contribution is 0.0632. The minimum Gasteiger partial charge on any atom is -0.393 e. The van der Waals surface area contributed by atoms with Crippen molar-refractivity contribution in [3.05, 3.63) is 59.9 Å². The maximum Gasteiger partial charge on any atom is 0.256 e. The molecule has 2 N–H and O–H groups in total. The molecule has 126 valence electrons. The number of hydrogen-bond donors (Lipinski definition) is 2. The van der Waals surface area contributed by atoms with Gasteiger partial charge in [-0.15, -0.1) is 0 Å². The number of carbonyl (C=O) groups excluding carboxylic acids is 1. The van der Waals surface area contributed by atoms with E-state index in [-0.39, 0.29) is 31.2 Å². The molecule has 1 unspecified atom stereocenters. The van der Waals surface area contributed by atoms with Crippen LogP contribution in [0.4, 0.5) is 20.2 Å². The number of benzene rings is 2. The third-order valence-electron chi connectivity index (χ3n) is 4.16. The first-order chi connectivity index (χ1) is 11.5. The first kappa shape index (κ1) is 16.4. The molecular formula is C18H18F2N2O2. The van der Waals surface area contributed by atoms with Gasteiger partial charge in [0.25, 0.3) is 5.91 Å². The standard InChI is InChI=1S/C18H18F2N2O2/c19-13-5-7-14(8-6-13)21-16-4-2-1-3-15(16)17(24)22-10-9-18(20,11-22)12-23/h1-8,21,23H,9-12H2. The zero-order chi connectivity index (χ0) is 17.2. The molecule has 1 aliphatic heterocycles. The van der Waals surface area contributed by atoms with Crippen LogP contribution in [-0.4, -0.2) is 41.3 Å². The second-order valence-corrected chi connectivity index (χ2v) is 5.96. The average Bonchev–Trinajstić information content (AvgIpc) is 3.00. The van der Waals surface area contributed by atoms with Crippen LogP contribution >= 0.6 is 0 Å². The van der Waals surface area contributed by atoms with E-state index in [1.54, 1.807) is 36.4 Å². The molecule has 0 aromatic heterocycles. The summed E-state index contributed by atoms with van der Waals surface area (Å²) in [6, 6.07) is 12.7. The summed E-state index contributed by atoms with van der Waals surface area (Å²) in [5, 5.41) is 12.2. The van der Waals surface area contributed by atoms with E-state index >= 15 is 0 Å². The van der Waals surface area contributed by atoms with Crippen molar-refractivity contribution >= 4 is 17.3 Å². The van der Waals surface area contributed by atoms with E-state index in [1.165, 1.54) is 17.0 Å². The molecule has 2 aromatic rings. The number of likely N-dealkylation sites (tertiary alicyclic amines) is 1. The molecule has 1 aliphatic rings. The Morgan fingerprint density at radius 2 is 1.92 bits per heavy atom. The number of aliphatic hydroxyl groups is 1. The predicted octanol–water partition coefficient (Wildman–Crippen LogP) is 3.12. The van der Waals surface area contributed by atoms with Crippen LogP contribution in [0.15, 0.2) is 48.5 Å². The Balaban J connectivity index is 1.81. The highest BCUT2D eigenvalue weighted by atomic mass is 19.1. The van der Waals surface area contributed by atoms with Gasteiger partial charge in [-0.25, -0.2) is 8.78 Å². The number of para-hydroxylation sites is 1. The smallest absolute Gasteiger partial charge is 0.256 e. The molecular weight excluding hydrogens is 314 g/mol. The Morgan fingerprint density at radius 3 is 2.58 bits per heavy atom. The van der Waals surface area contributed by atoms with Gasteiger partial charge in [0.05, 0.1) is 24.4 Å². The molecule has 2 aromatic carbocycles. The van der Waals surface area contributed by atoms with Crippen LogP contribution < -0.4 is 5.32 Å². The first-order valence-electron chi connectivity index (χ1n) is 7.71. The maximum absolute atomic E-state index is 14.2. The Morgan fingerprint density at radius 1 is 1.21 bits per heavy atom. The summed E-state index contributed by atoms with van der Waals surface area (Å²) in [7, 11) is 0. The quantitative estimate of drug-likeness (QED) is 0.904. The molecule has 1 atom stereocenters. The molecule has 1 fully saturated rings. The van der Waals surface area contributed by atoms with Crippen molar-refractivity contribution in [2.75, 3.05) is 25.0 Å². The molecule has 3 rings (SSSR count). The topological polar surface area (TPSA) is 52.6 Å². The molecule has 1 amide bonds. The Kier molecular flexibility index (Phi) is 4.49. The van der Waals surface area contributed by atoms with Gasteiger partial charge in [-0.1, -0.05) is 12.1 Å². The summed E-state index contributed by atoms with van der Waals surface area (Å²) < 4.78 is 27.2. The van der Waals surface area contributed by atoms with Gasteiger partial charge in [-0.05, 0) is 36.4 Å². The number of nitrogens with one attached hydrogen (secondary N) is 1. The van der Waals surface area contributed by atoms with Crippen LogP contribution in [0.5, 0.6) is 0 Å². The number of nitrogens with zero attached hydrogens (tertiary/aromatic N) is 1. The first-order valence-corrected chi connectivity index (χ1v) is 7.71. The fourth-order valence-electron chi connectivity index (χ4n) is 2.78. The van der Waals surface area contributed by atoms with Crippen LogP contribution in [0.2, 0.25) is 0 Å². The highest BCUT2D eigenvalue weighted by Crippen LogP contribution is 2.28. The lowest BCUT2D eigenvalue weighted by Gasteiger charge is -2.20. The van der Waals surface area contributed by atoms with E-state index in [0.29, 0.717) is 16.9 Å². The molecule has 4 nitrogen and oxygen atoms in total. The molecule has 24 heavy (non-hydrogen) atoms. The van der Waals surface area contributed by atoms with E-state index in [0.717, 1.165) is 0 Å². The van der Waals surface area contributed by atoms with E-state index in [1.807, 2.05) is 0 Å². The zero-order valence-corrected chi connectivity index (χ0v) is 13.0. The second kappa shape index (κ2) is 6.57. The summed E-state index contributed by atoms with van der Waals surface area (Å²) in [6.07, 6.45) is 0.128. The van der Waals surface area contributed by atoms with Crippen LogP contribution in [0.25, 0.3) is 0 Å². The van der Waals surface area contributed by atoms with Crippen molar-refractivity contribution in [2.45, 2.75) is 12.1 Å². The highest BCUT2D eigenvalue weighted by molar-refractivity contribution is 6.00. The second-order valence-electron chi connectivity index (χ2n) is 5.96. The molecule has 6 heteroatoms. The SMILES string of the molecule is O=C(c1ccccc1Nc1ccc(F)cc1)N1CCC(F)(CO)C1. The third kappa shape index (κ3) is 3.38. The number of anilines is 2. The number of alkyl halides is 1. The number of halogens is 2. The van der Waals surface area contributed by atoms with Crippen LogP contribution in [0.3, 0.4) is 0 Å². The monoisotopic (exact) mass is 332 g/mol. The van der Waals surface area contributed by atoms with Crippen LogP contribution in [0.1, 0.15) is 16.8 Å². The van der Waals surface area contributed by atoms with Gasteiger partial charge in [-0.3, -0.25) is 4.79 Å². The van der Waals surface area contributed by atoms with Gasteiger partial charge in [0, 0.05) is 18.7 Å². The Bertz CT molecular complexity index is 736. The maximum atomic E-state index is 14.2. The number of hydrogen-bond acceptors (Lipinski definition) is 3. The lowest BCUT2D eigenvalue weighted by Crippen LogP contribution is -2.35. The lowest BCUT2D eigenvalue weighted by atomic mass is 10.1. The van der Waals surface area contributed by atoms with Gasteiger partial charge in [0.1, 0.15) is 5.82 Å². The zero-order valence-electron chi connectivity index (χ0n) is 13.0. The largest absolute Gasteiger partial charge is 0.393 e. The van der Waals surface area contributed by atoms with Crippen molar-refractivity contribution in [1.29, 1.82) is 0 Å². The van der Waals surface area contributed by atoms with Crippen molar-refractivity contribution in [2.24, 2.45) is 0 Å². The van der Waals surface area contributed by atoms with E-state index in [2.05, 4.69) is 5.32 Å². The molecule has 1 saturated heterocycles. The third-order valence-corrected chi connectivity index (χ3v) is 4.16. The average molecular weight is 332 g/mol. The molecule has 0 bridgehead atoms. The van der Waals surface area contributed by atoms with Gasteiger partial charge in [0.15, 0.2) is 5.67 Å². The Hall–Kier alpha value is -2.47. The fourth-order valence-corrected chi connectivity index (χ4v) is 2.78. The summed E-state index contributed by atoms with van der Waals surface area (Å²) in [5.41, 5.74) is -0.110. The van der Waals surface area contributed by atoms with E-state index < -0.39 is 12.3 Å². The van der Waals surface area contributed by atoms with Gasteiger partial charge in [-0.2, -0.15) is 0 Å². The summed E-state index contributed by atoms with van der Waals surface area (Å²) in [6.45, 7) is -0.444. The normalized spacial score (nSPS) is 20.2. The number of aliphatic hydroxyl groups excluding tert-OH is 1. The van der Waals surface area contributed by atoms with Crippen molar-refractivity contribution in [3.8, 4) is 0 Å².